The molecular weight excluding hydrogens is 294 g/mol. The van der Waals surface area contributed by atoms with Crippen LogP contribution in [0.25, 0.3) is 0 Å². The minimum Gasteiger partial charge on any atom is -0.363 e. The topological polar surface area (TPSA) is 74.0 Å². The van der Waals surface area contributed by atoms with E-state index in [4.69, 9.17) is 0 Å². The average Bonchev–Trinajstić information content (AvgIpc) is 3.05. The maximum atomic E-state index is 12.2. The minimum absolute atomic E-state index is 0.323. The van der Waals surface area contributed by atoms with Crippen molar-refractivity contribution in [2.24, 2.45) is 5.92 Å². The van der Waals surface area contributed by atoms with Gasteiger partial charge in [-0.2, -0.15) is 11.8 Å². The first-order valence-corrected chi connectivity index (χ1v) is 9.59. The van der Waals surface area contributed by atoms with E-state index in [9.17, 15) is 8.42 Å². The second-order valence-corrected chi connectivity index (χ2v) is 8.39. The highest BCUT2D eigenvalue weighted by Crippen LogP contribution is 2.23. The number of hydrogen-bond donors (Lipinski definition) is 3. The smallest absolute Gasteiger partial charge is 0.242 e. The summed E-state index contributed by atoms with van der Waals surface area (Å²) in [6, 6.07) is 2.07. The van der Waals surface area contributed by atoms with Crippen LogP contribution in [0.1, 0.15) is 26.0 Å². The lowest BCUT2D eigenvalue weighted by molar-refractivity contribution is 0.546. The number of hydrogen-bond acceptors (Lipinski definition) is 4. The van der Waals surface area contributed by atoms with Crippen molar-refractivity contribution in [3.05, 3.63) is 18.0 Å². The van der Waals surface area contributed by atoms with Crippen molar-refractivity contribution < 1.29 is 8.42 Å². The highest BCUT2D eigenvalue weighted by atomic mass is 32.2. The number of rotatable bonds is 7. The Labute approximate surface area is 125 Å². The molecule has 0 radical (unpaired) electrons. The summed E-state index contributed by atoms with van der Waals surface area (Å²) in [4.78, 5) is 3.33. The van der Waals surface area contributed by atoms with Crippen molar-refractivity contribution in [1.29, 1.82) is 0 Å². The van der Waals surface area contributed by atoms with Crippen molar-refractivity contribution in [2.75, 3.05) is 18.1 Å². The molecule has 1 aromatic heterocycles. The molecule has 0 aliphatic carbocycles. The molecule has 1 aliphatic rings. The summed E-state index contributed by atoms with van der Waals surface area (Å²) in [5.74, 6) is 2.66. The van der Waals surface area contributed by atoms with Gasteiger partial charge >= 0.3 is 0 Å². The Morgan fingerprint density at radius 2 is 2.30 bits per heavy atom. The second-order valence-electron chi connectivity index (χ2n) is 5.48. The minimum atomic E-state index is -3.38. The third kappa shape index (κ3) is 4.51. The molecule has 0 saturated carbocycles. The lowest BCUT2D eigenvalue weighted by atomic mass is 10.1. The fraction of sp³-hybridized carbons (Fsp3) is 0.692. The van der Waals surface area contributed by atoms with Gasteiger partial charge in [0.25, 0.3) is 0 Å². The third-order valence-electron chi connectivity index (χ3n) is 3.31. The number of thioether (sulfide) groups is 1. The van der Waals surface area contributed by atoms with Crippen LogP contribution in [0.15, 0.2) is 17.2 Å². The molecule has 20 heavy (non-hydrogen) atoms. The molecule has 1 atom stereocenters. The van der Waals surface area contributed by atoms with Gasteiger partial charge in [-0.15, -0.1) is 0 Å². The maximum absolute atomic E-state index is 12.2. The Morgan fingerprint density at radius 1 is 1.50 bits per heavy atom. The van der Waals surface area contributed by atoms with Gasteiger partial charge in [0, 0.05) is 31.0 Å². The first kappa shape index (κ1) is 15.9. The highest BCUT2D eigenvalue weighted by Gasteiger charge is 2.20. The van der Waals surface area contributed by atoms with Gasteiger partial charge < -0.3 is 10.3 Å². The standard InChI is InChI=1S/C13H23N3O2S2/c1-10(2)14-7-12-5-13(8-15-12)20(17,18)16-6-11-3-4-19-9-11/h5,8,10-11,14-16H,3-4,6-7,9H2,1-2H3. The van der Waals surface area contributed by atoms with Gasteiger partial charge in [0.2, 0.25) is 10.0 Å². The molecule has 1 aromatic rings. The SMILES string of the molecule is CC(C)NCc1cc(S(=O)(=O)NCC2CCSC2)c[nH]1. The Hall–Kier alpha value is -0.500. The molecule has 1 unspecified atom stereocenters. The van der Waals surface area contributed by atoms with Crippen LogP contribution in [0, 0.1) is 5.92 Å². The molecule has 2 heterocycles. The van der Waals surface area contributed by atoms with Crippen molar-refractivity contribution in [2.45, 2.75) is 37.8 Å². The molecule has 0 aromatic carbocycles. The summed E-state index contributed by atoms with van der Waals surface area (Å²) < 4.78 is 27.1. The molecule has 7 heteroatoms. The molecule has 1 saturated heterocycles. The van der Waals surface area contributed by atoms with E-state index in [1.807, 2.05) is 11.8 Å². The monoisotopic (exact) mass is 317 g/mol. The summed E-state index contributed by atoms with van der Waals surface area (Å²) in [6.07, 6.45) is 2.66. The van der Waals surface area contributed by atoms with Crippen LogP contribution in [-0.4, -0.2) is 37.5 Å². The van der Waals surface area contributed by atoms with Crippen molar-refractivity contribution in [3.8, 4) is 0 Å². The van der Waals surface area contributed by atoms with E-state index in [0.29, 0.717) is 29.9 Å². The van der Waals surface area contributed by atoms with Crippen LogP contribution >= 0.6 is 11.8 Å². The quantitative estimate of drug-likeness (QED) is 0.713. The molecule has 3 N–H and O–H groups in total. The highest BCUT2D eigenvalue weighted by molar-refractivity contribution is 7.99. The summed E-state index contributed by atoms with van der Waals surface area (Å²) in [5, 5.41) is 3.25. The summed E-state index contributed by atoms with van der Waals surface area (Å²) >= 11 is 1.89. The number of H-pyrrole nitrogens is 1. The first-order valence-electron chi connectivity index (χ1n) is 6.95. The van der Waals surface area contributed by atoms with E-state index in [1.54, 1.807) is 12.3 Å². The predicted octanol–water partition coefficient (Wildman–Crippen LogP) is 1.54. The maximum Gasteiger partial charge on any atom is 0.242 e. The van der Waals surface area contributed by atoms with Crippen LogP contribution in [-0.2, 0) is 16.6 Å². The molecule has 0 bridgehead atoms. The van der Waals surface area contributed by atoms with Gasteiger partial charge in [-0.05, 0) is 29.9 Å². The molecule has 5 nitrogen and oxygen atoms in total. The predicted molar refractivity (Wildman–Crippen MR) is 83.4 cm³/mol. The van der Waals surface area contributed by atoms with Gasteiger partial charge in [0.15, 0.2) is 0 Å². The van der Waals surface area contributed by atoms with E-state index in [1.165, 1.54) is 0 Å². The van der Waals surface area contributed by atoms with Crippen LogP contribution in [0.5, 0.6) is 0 Å². The molecule has 1 fully saturated rings. The summed E-state index contributed by atoms with van der Waals surface area (Å²) in [7, 11) is -3.38. The van der Waals surface area contributed by atoms with E-state index >= 15 is 0 Å². The number of nitrogens with one attached hydrogen (secondary N) is 3. The molecular formula is C13H23N3O2S2. The van der Waals surface area contributed by atoms with Crippen LogP contribution in [0.2, 0.25) is 0 Å². The van der Waals surface area contributed by atoms with Crippen molar-refractivity contribution in [1.82, 2.24) is 15.0 Å². The molecule has 0 amide bonds. The summed E-state index contributed by atoms with van der Waals surface area (Å²) in [6.45, 7) is 5.30. The van der Waals surface area contributed by atoms with Crippen LogP contribution in [0.4, 0.5) is 0 Å². The fourth-order valence-corrected chi connectivity index (χ4v) is 4.46. The number of sulfonamides is 1. The zero-order valence-electron chi connectivity index (χ0n) is 12.0. The lowest BCUT2D eigenvalue weighted by Crippen LogP contribution is -2.29. The van der Waals surface area contributed by atoms with E-state index in [2.05, 4.69) is 28.9 Å². The Balaban J connectivity index is 1.91. The average molecular weight is 317 g/mol. The van der Waals surface area contributed by atoms with Gasteiger partial charge in [-0.3, -0.25) is 0 Å². The normalized spacial score (nSPS) is 19.9. The van der Waals surface area contributed by atoms with Gasteiger partial charge in [0.1, 0.15) is 0 Å². The van der Waals surface area contributed by atoms with Crippen molar-refractivity contribution in [3.63, 3.8) is 0 Å². The van der Waals surface area contributed by atoms with Crippen LogP contribution < -0.4 is 10.0 Å². The van der Waals surface area contributed by atoms with E-state index < -0.39 is 10.0 Å². The van der Waals surface area contributed by atoms with Gasteiger partial charge in [-0.1, -0.05) is 13.8 Å². The van der Waals surface area contributed by atoms with Gasteiger partial charge in [0.05, 0.1) is 4.90 Å². The zero-order chi connectivity index (χ0) is 14.6. The zero-order valence-corrected chi connectivity index (χ0v) is 13.6. The third-order valence-corrected chi connectivity index (χ3v) is 5.95. The number of aromatic nitrogens is 1. The van der Waals surface area contributed by atoms with Gasteiger partial charge in [-0.25, -0.2) is 13.1 Å². The van der Waals surface area contributed by atoms with Crippen molar-refractivity contribution >= 4 is 21.8 Å². The molecule has 114 valence electrons. The Morgan fingerprint density at radius 3 is 2.95 bits per heavy atom. The molecule has 2 rings (SSSR count). The first-order chi connectivity index (χ1) is 9.47. The van der Waals surface area contributed by atoms with Crippen LogP contribution in [0.3, 0.4) is 0 Å². The summed E-state index contributed by atoms with van der Waals surface area (Å²) in [5.41, 5.74) is 0.885. The number of aromatic amines is 1. The largest absolute Gasteiger partial charge is 0.363 e. The molecule has 0 spiro atoms. The lowest BCUT2D eigenvalue weighted by Gasteiger charge is -2.09. The fourth-order valence-electron chi connectivity index (χ4n) is 2.05. The van der Waals surface area contributed by atoms with E-state index in [0.717, 1.165) is 23.6 Å². The Bertz CT molecular complexity index is 519. The Kier molecular flexibility index (Phi) is 5.54. The second kappa shape index (κ2) is 6.98. The van der Waals surface area contributed by atoms with E-state index in [-0.39, 0.29) is 0 Å². The molecule has 1 aliphatic heterocycles.